The summed E-state index contributed by atoms with van der Waals surface area (Å²) in [5, 5.41) is 0. The summed E-state index contributed by atoms with van der Waals surface area (Å²) in [6, 6.07) is 5.01. The van der Waals surface area contributed by atoms with E-state index in [0.29, 0.717) is 18.7 Å². The molecule has 0 aromatic heterocycles. The summed E-state index contributed by atoms with van der Waals surface area (Å²) in [4.78, 5) is 15.9. The van der Waals surface area contributed by atoms with Gasteiger partial charge in [-0.05, 0) is 56.6 Å². The molecule has 7 heteroatoms. The fourth-order valence-electron chi connectivity index (χ4n) is 3.54. The van der Waals surface area contributed by atoms with Gasteiger partial charge in [0, 0.05) is 31.1 Å². The molecule has 0 bridgehead atoms. The zero-order valence-corrected chi connectivity index (χ0v) is 16.4. The molecule has 0 unspecified atom stereocenters. The molecule has 0 spiro atoms. The molecule has 1 amide bonds. The van der Waals surface area contributed by atoms with Crippen LogP contribution in [0.5, 0.6) is 0 Å². The molecule has 0 atom stereocenters. The Balaban J connectivity index is 1.92. The van der Waals surface area contributed by atoms with Crippen LogP contribution in [0.4, 0.5) is 0 Å². The average Bonchev–Trinajstić information content (AvgIpc) is 2.68. The normalized spacial score (nSPS) is 19.8. The topological polar surface area (TPSA) is 57.7 Å². The lowest BCUT2D eigenvalue weighted by molar-refractivity contribution is 0.0720. The maximum absolute atomic E-state index is 12.9. The zero-order valence-electron chi connectivity index (χ0n) is 14.7. The Morgan fingerprint density at radius 3 is 2.16 bits per heavy atom. The molecule has 0 saturated carbocycles. The highest BCUT2D eigenvalue weighted by Crippen LogP contribution is 2.28. The van der Waals surface area contributed by atoms with Gasteiger partial charge in [-0.15, -0.1) is 11.8 Å². The summed E-state index contributed by atoms with van der Waals surface area (Å²) in [6.45, 7) is 2.66. The van der Waals surface area contributed by atoms with Gasteiger partial charge in [0.15, 0.2) is 0 Å². The molecule has 2 fully saturated rings. The Morgan fingerprint density at radius 2 is 1.56 bits per heavy atom. The van der Waals surface area contributed by atoms with E-state index in [1.54, 1.807) is 22.5 Å². The Bertz CT molecular complexity index is 722. The van der Waals surface area contributed by atoms with Crippen LogP contribution >= 0.6 is 11.8 Å². The summed E-state index contributed by atoms with van der Waals surface area (Å²) >= 11 is 1.49. The zero-order chi connectivity index (χ0) is 17.9. The standard InChI is InChI=1S/C18H26N2O3S2/c1-24-17-9-8-15(25(22,23)20-12-6-3-7-13-20)14-16(17)18(21)19-10-4-2-5-11-19/h8-9,14H,2-7,10-13H2,1H3. The second-order valence-electron chi connectivity index (χ2n) is 6.68. The van der Waals surface area contributed by atoms with Crippen molar-refractivity contribution in [2.24, 2.45) is 0 Å². The van der Waals surface area contributed by atoms with Gasteiger partial charge in [-0.3, -0.25) is 4.79 Å². The van der Waals surface area contributed by atoms with E-state index < -0.39 is 10.0 Å². The minimum Gasteiger partial charge on any atom is -0.339 e. The number of hydrogen-bond donors (Lipinski definition) is 0. The predicted octanol–water partition coefficient (Wildman–Crippen LogP) is 3.21. The summed E-state index contributed by atoms with van der Waals surface area (Å²) in [6.07, 6.45) is 8.00. The molecule has 2 aliphatic rings. The van der Waals surface area contributed by atoms with Crippen LogP contribution in [0, 0.1) is 0 Å². The third-order valence-electron chi connectivity index (χ3n) is 5.00. The van der Waals surface area contributed by atoms with Crippen LogP contribution in [-0.2, 0) is 10.0 Å². The summed E-state index contributed by atoms with van der Waals surface area (Å²) in [5.74, 6) is -0.0419. The largest absolute Gasteiger partial charge is 0.339 e. The third-order valence-corrected chi connectivity index (χ3v) is 7.69. The highest BCUT2D eigenvalue weighted by atomic mass is 32.2. The SMILES string of the molecule is CSc1ccc(S(=O)(=O)N2CCCCC2)cc1C(=O)N1CCCCC1. The van der Waals surface area contributed by atoms with Crippen molar-refractivity contribution >= 4 is 27.7 Å². The first kappa shape index (κ1) is 18.7. The van der Waals surface area contributed by atoms with Gasteiger partial charge in [-0.1, -0.05) is 6.42 Å². The lowest BCUT2D eigenvalue weighted by atomic mass is 10.1. The molecule has 5 nitrogen and oxygen atoms in total. The van der Waals surface area contributed by atoms with E-state index in [-0.39, 0.29) is 10.8 Å². The van der Waals surface area contributed by atoms with E-state index >= 15 is 0 Å². The maximum Gasteiger partial charge on any atom is 0.255 e. The van der Waals surface area contributed by atoms with Crippen molar-refractivity contribution in [3.05, 3.63) is 23.8 Å². The van der Waals surface area contributed by atoms with E-state index in [4.69, 9.17) is 0 Å². The highest BCUT2D eigenvalue weighted by molar-refractivity contribution is 7.98. The smallest absolute Gasteiger partial charge is 0.255 e. The van der Waals surface area contributed by atoms with Crippen LogP contribution in [0.2, 0.25) is 0 Å². The van der Waals surface area contributed by atoms with Crippen molar-refractivity contribution in [3.8, 4) is 0 Å². The van der Waals surface area contributed by atoms with E-state index in [1.165, 1.54) is 11.8 Å². The van der Waals surface area contributed by atoms with E-state index in [0.717, 1.165) is 56.5 Å². The van der Waals surface area contributed by atoms with Gasteiger partial charge in [0.05, 0.1) is 10.5 Å². The van der Waals surface area contributed by atoms with Gasteiger partial charge in [-0.25, -0.2) is 8.42 Å². The van der Waals surface area contributed by atoms with Gasteiger partial charge < -0.3 is 4.90 Å². The van der Waals surface area contributed by atoms with Crippen LogP contribution in [0.15, 0.2) is 28.0 Å². The van der Waals surface area contributed by atoms with Crippen molar-refractivity contribution in [3.63, 3.8) is 0 Å². The molecule has 25 heavy (non-hydrogen) atoms. The van der Waals surface area contributed by atoms with Crippen molar-refractivity contribution in [2.45, 2.75) is 48.3 Å². The number of piperidine rings is 2. The minimum atomic E-state index is -3.52. The van der Waals surface area contributed by atoms with Crippen LogP contribution in [0.3, 0.4) is 0 Å². The van der Waals surface area contributed by atoms with Crippen molar-refractivity contribution in [1.82, 2.24) is 9.21 Å². The number of sulfonamides is 1. The van der Waals surface area contributed by atoms with E-state index in [1.807, 2.05) is 11.2 Å². The molecule has 3 rings (SSSR count). The molecule has 2 heterocycles. The number of thioether (sulfide) groups is 1. The van der Waals surface area contributed by atoms with Crippen molar-refractivity contribution < 1.29 is 13.2 Å². The molecule has 0 N–H and O–H groups in total. The predicted molar refractivity (Wildman–Crippen MR) is 101 cm³/mol. The Morgan fingerprint density at radius 1 is 0.960 bits per heavy atom. The van der Waals surface area contributed by atoms with Gasteiger partial charge in [0.2, 0.25) is 10.0 Å². The molecular formula is C18H26N2O3S2. The molecule has 0 radical (unpaired) electrons. The van der Waals surface area contributed by atoms with Crippen molar-refractivity contribution in [2.75, 3.05) is 32.4 Å². The maximum atomic E-state index is 12.9. The summed E-state index contributed by atoms with van der Waals surface area (Å²) in [5.41, 5.74) is 0.521. The fourth-order valence-corrected chi connectivity index (χ4v) is 5.65. The van der Waals surface area contributed by atoms with Gasteiger partial charge in [-0.2, -0.15) is 4.31 Å². The number of amides is 1. The second kappa shape index (κ2) is 8.10. The lowest BCUT2D eigenvalue weighted by Crippen LogP contribution is -2.37. The van der Waals surface area contributed by atoms with Gasteiger partial charge in [0.25, 0.3) is 5.91 Å². The highest BCUT2D eigenvalue weighted by Gasteiger charge is 2.28. The van der Waals surface area contributed by atoms with Crippen LogP contribution in [0.1, 0.15) is 48.9 Å². The average molecular weight is 383 g/mol. The quantitative estimate of drug-likeness (QED) is 0.751. The number of rotatable bonds is 4. The first-order chi connectivity index (χ1) is 12.0. The number of hydrogen-bond acceptors (Lipinski definition) is 4. The van der Waals surface area contributed by atoms with Crippen LogP contribution in [0.25, 0.3) is 0 Å². The Hall–Kier alpha value is -1.05. The summed E-state index contributed by atoms with van der Waals surface area (Å²) < 4.78 is 27.4. The van der Waals surface area contributed by atoms with E-state index in [2.05, 4.69) is 0 Å². The number of carbonyl (C=O) groups is 1. The minimum absolute atomic E-state index is 0.0419. The van der Waals surface area contributed by atoms with Crippen molar-refractivity contribution in [1.29, 1.82) is 0 Å². The van der Waals surface area contributed by atoms with Gasteiger partial charge >= 0.3 is 0 Å². The first-order valence-corrected chi connectivity index (χ1v) is 11.7. The molecule has 138 valence electrons. The third kappa shape index (κ3) is 4.04. The summed E-state index contributed by atoms with van der Waals surface area (Å²) in [7, 11) is -3.52. The number of benzene rings is 1. The van der Waals surface area contributed by atoms with Gasteiger partial charge in [0.1, 0.15) is 0 Å². The van der Waals surface area contributed by atoms with Crippen LogP contribution in [-0.4, -0.2) is 56.0 Å². The molecule has 0 aliphatic carbocycles. The van der Waals surface area contributed by atoms with E-state index in [9.17, 15) is 13.2 Å². The number of carbonyl (C=O) groups excluding carboxylic acids is 1. The second-order valence-corrected chi connectivity index (χ2v) is 9.47. The Labute approximate surface area is 154 Å². The molecule has 1 aromatic rings. The number of nitrogens with zero attached hydrogens (tertiary/aromatic N) is 2. The lowest BCUT2D eigenvalue weighted by Gasteiger charge is -2.28. The van der Waals surface area contributed by atoms with Crippen LogP contribution < -0.4 is 0 Å². The fraction of sp³-hybridized carbons (Fsp3) is 0.611. The molecular weight excluding hydrogens is 356 g/mol. The monoisotopic (exact) mass is 382 g/mol. The molecule has 2 saturated heterocycles. The number of likely N-dealkylation sites (tertiary alicyclic amines) is 1. The molecule has 2 aliphatic heterocycles. The molecule has 1 aromatic carbocycles. The first-order valence-electron chi connectivity index (χ1n) is 9.01. The Kier molecular flexibility index (Phi) is 6.07.